The van der Waals surface area contributed by atoms with Crippen LogP contribution < -0.4 is 10.6 Å². The fourth-order valence-electron chi connectivity index (χ4n) is 2.27. The number of rotatable bonds is 8. The normalized spacial score (nSPS) is 21.3. The lowest BCUT2D eigenvalue weighted by molar-refractivity contribution is 0.0945. The van der Waals surface area contributed by atoms with Crippen molar-refractivity contribution >= 4 is 29.9 Å². The third-order valence-corrected chi connectivity index (χ3v) is 3.85. The standard InChI is InChI=1S/C18H29N3O.HI/c1-4-19-18(21-17-10-15(17)3)20-11-14(2)12-22-13-16-8-6-5-7-9-16;/h5-9,14-15,17H,4,10-13H2,1-3H3,(H2,19,20,21);1H. The minimum Gasteiger partial charge on any atom is -0.376 e. The summed E-state index contributed by atoms with van der Waals surface area (Å²) in [5, 5.41) is 6.79. The lowest BCUT2D eigenvalue weighted by Gasteiger charge is -2.13. The number of halogens is 1. The summed E-state index contributed by atoms with van der Waals surface area (Å²) >= 11 is 0. The summed E-state index contributed by atoms with van der Waals surface area (Å²) in [4.78, 5) is 4.67. The lowest BCUT2D eigenvalue weighted by Crippen LogP contribution is -2.39. The van der Waals surface area contributed by atoms with E-state index in [1.54, 1.807) is 0 Å². The van der Waals surface area contributed by atoms with Crippen molar-refractivity contribution in [2.24, 2.45) is 16.8 Å². The molecular formula is C18H30IN3O. The van der Waals surface area contributed by atoms with Gasteiger partial charge in [-0.05, 0) is 30.7 Å². The van der Waals surface area contributed by atoms with E-state index >= 15 is 0 Å². The molecule has 0 spiro atoms. The molecule has 23 heavy (non-hydrogen) atoms. The van der Waals surface area contributed by atoms with Crippen molar-refractivity contribution < 1.29 is 4.74 Å². The minimum absolute atomic E-state index is 0. The number of hydrogen-bond donors (Lipinski definition) is 2. The first kappa shape index (κ1) is 20.2. The van der Waals surface area contributed by atoms with E-state index in [0.29, 0.717) is 18.6 Å². The van der Waals surface area contributed by atoms with Crippen molar-refractivity contribution in [1.29, 1.82) is 0 Å². The molecule has 1 saturated carbocycles. The predicted molar refractivity (Wildman–Crippen MR) is 107 cm³/mol. The Morgan fingerprint density at radius 2 is 2.04 bits per heavy atom. The average Bonchev–Trinajstić information content (AvgIpc) is 3.21. The Balaban J connectivity index is 0.00000264. The molecule has 0 amide bonds. The molecule has 3 unspecified atom stereocenters. The molecule has 1 fully saturated rings. The van der Waals surface area contributed by atoms with Gasteiger partial charge in [0.25, 0.3) is 0 Å². The number of nitrogens with zero attached hydrogens (tertiary/aromatic N) is 1. The highest BCUT2D eigenvalue weighted by molar-refractivity contribution is 14.0. The van der Waals surface area contributed by atoms with Crippen LogP contribution in [0.15, 0.2) is 35.3 Å². The van der Waals surface area contributed by atoms with Crippen LogP contribution in [0.3, 0.4) is 0 Å². The zero-order valence-corrected chi connectivity index (χ0v) is 16.7. The second-order valence-electron chi connectivity index (χ2n) is 6.29. The summed E-state index contributed by atoms with van der Waals surface area (Å²) < 4.78 is 5.77. The fraction of sp³-hybridized carbons (Fsp3) is 0.611. The number of guanidine groups is 1. The minimum atomic E-state index is 0. The van der Waals surface area contributed by atoms with Crippen LogP contribution in [0.2, 0.25) is 0 Å². The van der Waals surface area contributed by atoms with E-state index < -0.39 is 0 Å². The predicted octanol–water partition coefficient (Wildman–Crippen LogP) is 3.42. The van der Waals surface area contributed by atoms with E-state index in [9.17, 15) is 0 Å². The third-order valence-electron chi connectivity index (χ3n) is 3.85. The van der Waals surface area contributed by atoms with Crippen molar-refractivity contribution in [2.45, 2.75) is 39.8 Å². The zero-order valence-electron chi connectivity index (χ0n) is 14.4. The highest BCUT2D eigenvalue weighted by Crippen LogP contribution is 2.28. The molecule has 1 aliphatic rings. The highest BCUT2D eigenvalue weighted by atomic mass is 127. The van der Waals surface area contributed by atoms with E-state index in [4.69, 9.17) is 4.74 Å². The van der Waals surface area contributed by atoms with Gasteiger partial charge in [-0.3, -0.25) is 4.99 Å². The number of aliphatic imine (C=N–C) groups is 1. The first-order valence-electron chi connectivity index (χ1n) is 8.35. The van der Waals surface area contributed by atoms with Crippen LogP contribution in [0.5, 0.6) is 0 Å². The van der Waals surface area contributed by atoms with Gasteiger partial charge in [0.05, 0.1) is 13.2 Å². The van der Waals surface area contributed by atoms with Gasteiger partial charge in [-0.2, -0.15) is 0 Å². The molecular weight excluding hydrogens is 401 g/mol. The van der Waals surface area contributed by atoms with Gasteiger partial charge in [-0.15, -0.1) is 24.0 Å². The van der Waals surface area contributed by atoms with E-state index in [-0.39, 0.29) is 24.0 Å². The Labute approximate surface area is 157 Å². The molecule has 2 rings (SSSR count). The number of benzene rings is 1. The average molecular weight is 431 g/mol. The first-order chi connectivity index (χ1) is 10.7. The fourth-order valence-corrected chi connectivity index (χ4v) is 2.27. The van der Waals surface area contributed by atoms with Crippen LogP contribution in [0, 0.1) is 11.8 Å². The third kappa shape index (κ3) is 8.01. The van der Waals surface area contributed by atoms with Crippen molar-refractivity contribution in [3.05, 3.63) is 35.9 Å². The van der Waals surface area contributed by atoms with Gasteiger partial charge in [-0.25, -0.2) is 0 Å². The Hall–Kier alpha value is -0.820. The van der Waals surface area contributed by atoms with Crippen LogP contribution >= 0.6 is 24.0 Å². The molecule has 0 aromatic heterocycles. The summed E-state index contributed by atoms with van der Waals surface area (Å²) in [7, 11) is 0. The molecule has 1 aromatic rings. The first-order valence-corrected chi connectivity index (χ1v) is 8.35. The van der Waals surface area contributed by atoms with Crippen LogP contribution in [0.1, 0.15) is 32.8 Å². The lowest BCUT2D eigenvalue weighted by atomic mass is 10.2. The molecule has 130 valence electrons. The summed E-state index contributed by atoms with van der Waals surface area (Å²) in [5.41, 5.74) is 1.22. The van der Waals surface area contributed by atoms with Crippen LogP contribution in [0.25, 0.3) is 0 Å². The smallest absolute Gasteiger partial charge is 0.191 e. The Morgan fingerprint density at radius 3 is 2.65 bits per heavy atom. The van der Waals surface area contributed by atoms with Gasteiger partial charge in [-0.1, -0.05) is 44.2 Å². The second-order valence-corrected chi connectivity index (χ2v) is 6.29. The molecule has 4 nitrogen and oxygen atoms in total. The van der Waals surface area contributed by atoms with Gasteiger partial charge in [0, 0.05) is 19.1 Å². The zero-order chi connectivity index (χ0) is 15.8. The van der Waals surface area contributed by atoms with Gasteiger partial charge in [0.2, 0.25) is 0 Å². The van der Waals surface area contributed by atoms with Gasteiger partial charge in [0.1, 0.15) is 0 Å². The van der Waals surface area contributed by atoms with Gasteiger partial charge < -0.3 is 15.4 Å². The number of hydrogen-bond acceptors (Lipinski definition) is 2. The summed E-state index contributed by atoms with van der Waals surface area (Å²) in [6, 6.07) is 10.9. The topological polar surface area (TPSA) is 45.7 Å². The number of nitrogens with one attached hydrogen (secondary N) is 2. The van der Waals surface area contributed by atoms with E-state index in [0.717, 1.165) is 31.6 Å². The SMILES string of the molecule is CCNC(=NCC(C)COCc1ccccc1)NC1CC1C.I. The largest absolute Gasteiger partial charge is 0.376 e. The quantitative estimate of drug-likeness (QED) is 0.377. The second kappa shape index (κ2) is 10.9. The van der Waals surface area contributed by atoms with Crippen molar-refractivity contribution in [3.8, 4) is 0 Å². The molecule has 1 aliphatic carbocycles. The van der Waals surface area contributed by atoms with Gasteiger partial charge in [0.15, 0.2) is 5.96 Å². The molecule has 0 saturated heterocycles. The molecule has 0 bridgehead atoms. The highest BCUT2D eigenvalue weighted by Gasteiger charge is 2.33. The van der Waals surface area contributed by atoms with Crippen LogP contribution in [-0.4, -0.2) is 31.7 Å². The summed E-state index contributed by atoms with van der Waals surface area (Å²) in [6.45, 7) is 9.63. The van der Waals surface area contributed by atoms with E-state index in [1.807, 2.05) is 18.2 Å². The Kier molecular flexibility index (Phi) is 9.55. The summed E-state index contributed by atoms with van der Waals surface area (Å²) in [6.07, 6.45) is 1.25. The monoisotopic (exact) mass is 431 g/mol. The van der Waals surface area contributed by atoms with Crippen LogP contribution in [0.4, 0.5) is 0 Å². The van der Waals surface area contributed by atoms with Crippen molar-refractivity contribution in [2.75, 3.05) is 19.7 Å². The molecule has 2 N–H and O–H groups in total. The maximum atomic E-state index is 5.77. The number of ether oxygens (including phenoxy) is 1. The van der Waals surface area contributed by atoms with Crippen molar-refractivity contribution in [1.82, 2.24) is 10.6 Å². The maximum Gasteiger partial charge on any atom is 0.191 e. The molecule has 0 radical (unpaired) electrons. The molecule has 3 atom stereocenters. The Bertz CT molecular complexity index is 467. The van der Waals surface area contributed by atoms with Crippen LogP contribution in [-0.2, 0) is 11.3 Å². The maximum absolute atomic E-state index is 5.77. The molecule has 0 heterocycles. The molecule has 5 heteroatoms. The van der Waals surface area contributed by atoms with Gasteiger partial charge >= 0.3 is 0 Å². The Morgan fingerprint density at radius 1 is 1.35 bits per heavy atom. The van der Waals surface area contributed by atoms with Crippen molar-refractivity contribution in [3.63, 3.8) is 0 Å². The molecule has 0 aliphatic heterocycles. The molecule has 1 aromatic carbocycles. The van der Waals surface area contributed by atoms with E-state index in [1.165, 1.54) is 12.0 Å². The summed E-state index contributed by atoms with van der Waals surface area (Å²) in [5.74, 6) is 2.12. The van der Waals surface area contributed by atoms with E-state index in [2.05, 4.69) is 48.5 Å².